The molecule has 296 valence electrons. The van der Waals surface area contributed by atoms with E-state index in [0.29, 0.717) is 42.6 Å². The Morgan fingerprint density at radius 2 is 1.94 bits per heavy atom. The van der Waals surface area contributed by atoms with E-state index in [4.69, 9.17) is 18.9 Å². The lowest BCUT2D eigenvalue weighted by Gasteiger charge is -2.54. The fourth-order valence-electron chi connectivity index (χ4n) is 11.0. The largest absolute Gasteiger partial charge is 0.490 e. The smallest absolute Gasteiger partial charge is 0.261 e. The molecule has 1 spiro atoms. The zero-order chi connectivity index (χ0) is 37.1. The number of piperazine rings is 1. The van der Waals surface area contributed by atoms with Crippen molar-refractivity contribution in [2.24, 2.45) is 17.8 Å². The molecule has 1 N–H and O–H groups in total. The minimum Gasteiger partial charge on any atom is -0.490 e. The first-order chi connectivity index (χ1) is 26.4. The van der Waals surface area contributed by atoms with Crippen molar-refractivity contribution >= 4 is 23.5 Å². The number of morpholine rings is 1. The molecule has 2 bridgehead atoms. The number of nitrogens with zero attached hydrogens (tertiary/aromatic N) is 3. The number of nitrogens with one attached hydrogen (secondary N) is 1. The van der Waals surface area contributed by atoms with E-state index in [0.717, 1.165) is 122 Å². The third kappa shape index (κ3) is 7.94. The topological polar surface area (TPSA) is 75.7 Å². The number of anilines is 1. The van der Waals surface area contributed by atoms with E-state index in [1.165, 1.54) is 24.0 Å². The fraction of sp³-hybridized carbons (Fsp3) is 0.705. The molecule has 2 aromatic carbocycles. The molecule has 0 radical (unpaired) electrons. The number of rotatable bonds is 7. The van der Waals surface area contributed by atoms with Gasteiger partial charge in [-0.05, 0) is 117 Å². The van der Waals surface area contributed by atoms with Crippen LogP contribution in [0.4, 0.5) is 5.69 Å². The van der Waals surface area contributed by atoms with E-state index in [-0.39, 0.29) is 22.2 Å². The van der Waals surface area contributed by atoms with E-state index in [1.807, 2.05) is 6.07 Å². The van der Waals surface area contributed by atoms with Crippen LogP contribution in [0.1, 0.15) is 86.7 Å². The van der Waals surface area contributed by atoms with Crippen LogP contribution in [0.15, 0.2) is 42.5 Å². The summed E-state index contributed by atoms with van der Waals surface area (Å²) in [6, 6.07) is 15.7. The summed E-state index contributed by atoms with van der Waals surface area (Å²) in [7, 11) is 1.77. The maximum absolute atomic E-state index is 13.9. The van der Waals surface area contributed by atoms with Crippen LogP contribution in [0.3, 0.4) is 0 Å². The first kappa shape index (κ1) is 38.5. The Morgan fingerprint density at radius 1 is 1.04 bits per heavy atom. The number of amides is 1. The second kappa shape index (κ2) is 17.0. The van der Waals surface area contributed by atoms with Crippen LogP contribution in [0, 0.1) is 17.8 Å². The quantitative estimate of drug-likeness (QED) is 0.315. The summed E-state index contributed by atoms with van der Waals surface area (Å²) in [5, 5.41) is 0.256. The second-order valence-corrected chi connectivity index (χ2v) is 18.4. The third-order valence-corrected chi connectivity index (χ3v) is 15.4. The summed E-state index contributed by atoms with van der Waals surface area (Å²) in [6.45, 7) is 15.4. The minimum absolute atomic E-state index is 0.0354. The van der Waals surface area contributed by atoms with Gasteiger partial charge in [0.1, 0.15) is 5.75 Å². The molecule has 1 amide bonds. The van der Waals surface area contributed by atoms with Gasteiger partial charge in [-0.15, -0.1) is 0 Å². The first-order valence-electron chi connectivity index (χ1n) is 21.1. The van der Waals surface area contributed by atoms with Gasteiger partial charge in [0.2, 0.25) is 0 Å². The number of hydrogen-bond donors (Lipinski definition) is 1. The fourth-order valence-corrected chi connectivity index (χ4v) is 12.0. The standard InChI is InChI=1S/C44H64N4O5S/c1-4-53-44(30-46-20-21-47-22-24-51-28-36(47)27-46)19-7-9-32(2)41(17-23-50-3)54-45-42(49)34-14-16-40-39(25-34)48(26-35-13-15-38(35)44)29-43(31-52-40)18-8-11-33-10-5-6-12-37(33)43/h5-6,10,12,14,16,25,32,35-36,38,41H,4,7-9,11,13,15,17-24,26-31H2,1-3H3,(H,45,49)/t32-,35-,36-,38+,41+,43-,44-/m0/s1. The highest BCUT2D eigenvalue weighted by molar-refractivity contribution is 7.98. The summed E-state index contributed by atoms with van der Waals surface area (Å²) in [5.41, 5.74) is 4.35. The summed E-state index contributed by atoms with van der Waals surface area (Å²) < 4.78 is 28.9. The van der Waals surface area contributed by atoms with Gasteiger partial charge >= 0.3 is 0 Å². The predicted molar refractivity (Wildman–Crippen MR) is 217 cm³/mol. The molecule has 0 aromatic heterocycles. The molecule has 54 heavy (non-hydrogen) atoms. The molecular formula is C44H64N4O5S. The van der Waals surface area contributed by atoms with Crippen LogP contribution in [0.25, 0.3) is 0 Å². The Hall–Kier alpha value is -2.34. The number of fused-ring (bicyclic) bond motifs is 5. The van der Waals surface area contributed by atoms with Crippen molar-refractivity contribution in [1.82, 2.24) is 14.5 Å². The third-order valence-electron chi connectivity index (χ3n) is 14.0. The number of benzene rings is 2. The molecule has 6 aliphatic rings. The molecule has 7 atom stereocenters. The zero-order valence-electron chi connectivity index (χ0n) is 33.1. The van der Waals surface area contributed by atoms with Crippen molar-refractivity contribution in [3.63, 3.8) is 0 Å². The molecule has 1 saturated carbocycles. The normalized spacial score (nSPS) is 33.7. The van der Waals surface area contributed by atoms with Crippen LogP contribution in [0.5, 0.6) is 5.75 Å². The monoisotopic (exact) mass is 760 g/mol. The molecule has 3 fully saturated rings. The molecule has 4 heterocycles. The van der Waals surface area contributed by atoms with Gasteiger partial charge < -0.3 is 23.8 Å². The van der Waals surface area contributed by atoms with Crippen molar-refractivity contribution in [1.29, 1.82) is 0 Å². The molecule has 2 saturated heterocycles. The number of carbonyl (C=O) groups is 1. The number of carbonyl (C=O) groups excluding carboxylic acids is 1. The Balaban J connectivity index is 1.16. The average Bonchev–Trinajstić information content (AvgIpc) is 3.33. The van der Waals surface area contributed by atoms with Crippen molar-refractivity contribution in [2.45, 2.75) is 93.9 Å². The Labute approximate surface area is 328 Å². The molecule has 2 aromatic rings. The summed E-state index contributed by atoms with van der Waals surface area (Å²) in [5.74, 6) is 2.24. The van der Waals surface area contributed by atoms with Crippen LogP contribution in [-0.4, -0.2) is 119 Å². The molecule has 0 unspecified atom stereocenters. The van der Waals surface area contributed by atoms with E-state index < -0.39 is 0 Å². The zero-order valence-corrected chi connectivity index (χ0v) is 33.9. The average molecular weight is 761 g/mol. The lowest BCUT2D eigenvalue weighted by atomic mass is 9.62. The van der Waals surface area contributed by atoms with E-state index in [1.54, 1.807) is 19.1 Å². The van der Waals surface area contributed by atoms with E-state index >= 15 is 0 Å². The summed E-state index contributed by atoms with van der Waals surface area (Å²) in [6.07, 6.45) is 9.95. The Bertz CT molecular complexity index is 1600. The van der Waals surface area contributed by atoms with Gasteiger partial charge in [0.05, 0.1) is 31.1 Å². The van der Waals surface area contributed by atoms with Gasteiger partial charge in [0.25, 0.3) is 5.91 Å². The molecule has 8 rings (SSSR count). The SMILES string of the molecule is CCO[C@]1(CN2CCN3CCOC[C@@H]3C2)CCC[C@H](C)[C@@H](CCOC)SNC(=O)c2ccc3c(c2)N(C[C@@H]2CC[C@H]21)C[C@@]1(CCCc2ccccc21)CO3. The summed E-state index contributed by atoms with van der Waals surface area (Å²) in [4.78, 5) is 21.9. The van der Waals surface area contributed by atoms with Crippen LogP contribution in [0.2, 0.25) is 0 Å². The van der Waals surface area contributed by atoms with Gasteiger partial charge in [-0.25, -0.2) is 0 Å². The van der Waals surface area contributed by atoms with Crippen molar-refractivity contribution in [3.05, 3.63) is 59.2 Å². The molecule has 4 aliphatic heterocycles. The van der Waals surface area contributed by atoms with Gasteiger partial charge in [-0.2, -0.15) is 0 Å². The maximum atomic E-state index is 13.9. The number of methoxy groups -OCH3 is 1. The van der Waals surface area contributed by atoms with Crippen LogP contribution in [-0.2, 0) is 26.0 Å². The predicted octanol–water partition coefficient (Wildman–Crippen LogP) is 6.58. The number of hydrogen-bond acceptors (Lipinski definition) is 9. The molecule has 9 nitrogen and oxygen atoms in total. The van der Waals surface area contributed by atoms with Gasteiger partial charge in [0.15, 0.2) is 0 Å². The number of ether oxygens (including phenoxy) is 4. The molecule has 2 aliphatic carbocycles. The maximum Gasteiger partial charge on any atom is 0.261 e. The minimum atomic E-state index is -0.211. The lowest BCUT2D eigenvalue weighted by molar-refractivity contribution is -0.154. The highest BCUT2D eigenvalue weighted by Gasteiger charge is 2.51. The lowest BCUT2D eigenvalue weighted by Crippen LogP contribution is -2.63. The molecular weight excluding hydrogens is 697 g/mol. The van der Waals surface area contributed by atoms with Gasteiger partial charge in [0, 0.05) is 88.4 Å². The number of aryl methyl sites for hydroxylation is 1. The van der Waals surface area contributed by atoms with Crippen LogP contribution >= 0.6 is 11.9 Å². The highest BCUT2D eigenvalue weighted by atomic mass is 32.2. The Morgan fingerprint density at radius 3 is 2.80 bits per heavy atom. The van der Waals surface area contributed by atoms with E-state index in [2.05, 4.69) is 69.7 Å². The summed E-state index contributed by atoms with van der Waals surface area (Å²) >= 11 is 1.58. The highest BCUT2D eigenvalue weighted by Crippen LogP contribution is 2.50. The van der Waals surface area contributed by atoms with Gasteiger partial charge in [-0.3, -0.25) is 19.3 Å². The van der Waals surface area contributed by atoms with Crippen molar-refractivity contribution < 1.29 is 23.7 Å². The van der Waals surface area contributed by atoms with E-state index in [9.17, 15) is 4.79 Å². The first-order valence-corrected chi connectivity index (χ1v) is 22.0. The molecule has 10 heteroatoms. The van der Waals surface area contributed by atoms with Crippen molar-refractivity contribution in [3.8, 4) is 5.75 Å². The van der Waals surface area contributed by atoms with Crippen molar-refractivity contribution in [2.75, 3.05) is 90.9 Å². The second-order valence-electron chi connectivity index (χ2n) is 17.3. The van der Waals surface area contributed by atoms with Crippen LogP contribution < -0.4 is 14.4 Å². The van der Waals surface area contributed by atoms with Gasteiger partial charge in [-0.1, -0.05) is 37.6 Å². The Kier molecular flexibility index (Phi) is 12.1.